The maximum atomic E-state index is 13.0. The summed E-state index contributed by atoms with van der Waals surface area (Å²) in [5, 5.41) is 12.0. The Hall–Kier alpha value is -4.14. The highest BCUT2D eigenvalue weighted by Crippen LogP contribution is 2.30. The number of hydrogen-bond donors (Lipinski definition) is 1. The molecule has 0 fully saturated rings. The van der Waals surface area contributed by atoms with Crippen molar-refractivity contribution in [2.24, 2.45) is 0 Å². The number of halogens is 3. The molecule has 0 spiro atoms. The molecule has 0 aliphatic rings. The third kappa shape index (κ3) is 3.61. The zero-order chi connectivity index (χ0) is 21.6. The number of anilines is 1. The van der Waals surface area contributed by atoms with Gasteiger partial charge in [-0.15, -0.1) is 10.2 Å². The van der Waals surface area contributed by atoms with Crippen LogP contribution in [0.1, 0.15) is 16.1 Å². The maximum Gasteiger partial charge on any atom is 0.416 e. The van der Waals surface area contributed by atoms with Crippen molar-refractivity contribution in [1.29, 1.82) is 0 Å². The molecule has 1 N–H and O–H groups in total. The minimum Gasteiger partial charge on any atom is -0.451 e. The van der Waals surface area contributed by atoms with E-state index in [4.69, 9.17) is 4.42 Å². The molecule has 0 unspecified atom stereocenters. The number of fused-ring (bicyclic) bond motifs is 2. The van der Waals surface area contributed by atoms with E-state index in [0.29, 0.717) is 22.3 Å². The molecule has 0 saturated heterocycles. The Balaban J connectivity index is 1.42. The molecule has 0 aliphatic heterocycles. The molecular weight excluding hydrogens is 409 g/mol. The van der Waals surface area contributed by atoms with Crippen LogP contribution in [0.25, 0.3) is 27.7 Å². The smallest absolute Gasteiger partial charge is 0.416 e. The Bertz CT molecular complexity index is 1400. The third-order valence-corrected chi connectivity index (χ3v) is 4.69. The van der Waals surface area contributed by atoms with Gasteiger partial charge in [-0.2, -0.15) is 18.0 Å². The number of carbonyl (C=O) groups is 1. The summed E-state index contributed by atoms with van der Waals surface area (Å²) >= 11 is 0. The van der Waals surface area contributed by atoms with E-state index in [2.05, 4.69) is 15.5 Å². The van der Waals surface area contributed by atoms with Crippen molar-refractivity contribution in [2.45, 2.75) is 6.18 Å². The SMILES string of the molecule is O=C(Nc1ccc2nn(-c3cccc(C(F)(F)F)c3)nc2c1)c1cc2ccccc2o1. The summed E-state index contributed by atoms with van der Waals surface area (Å²) in [6.45, 7) is 0. The van der Waals surface area contributed by atoms with E-state index in [9.17, 15) is 18.0 Å². The van der Waals surface area contributed by atoms with Crippen LogP contribution in [0, 0.1) is 0 Å². The Morgan fingerprint density at radius 1 is 0.903 bits per heavy atom. The lowest BCUT2D eigenvalue weighted by molar-refractivity contribution is -0.137. The van der Waals surface area contributed by atoms with E-state index in [1.807, 2.05) is 18.2 Å². The molecule has 0 bridgehead atoms. The zero-order valence-electron chi connectivity index (χ0n) is 15.7. The van der Waals surface area contributed by atoms with Crippen molar-refractivity contribution in [1.82, 2.24) is 15.0 Å². The van der Waals surface area contributed by atoms with Crippen molar-refractivity contribution in [3.8, 4) is 5.69 Å². The molecule has 9 heteroatoms. The standard InChI is InChI=1S/C22H13F3N4O2/c23-22(24,25)14-5-3-6-16(11-14)29-27-17-9-8-15(12-18(17)28-29)26-21(30)20-10-13-4-1-2-7-19(13)31-20/h1-12H,(H,26,30). The summed E-state index contributed by atoms with van der Waals surface area (Å²) in [5.74, 6) is -0.269. The molecule has 0 atom stereocenters. The zero-order valence-corrected chi connectivity index (χ0v) is 15.7. The summed E-state index contributed by atoms with van der Waals surface area (Å²) in [6.07, 6.45) is -4.46. The Kier molecular flexibility index (Phi) is 4.25. The number of nitrogens with zero attached hydrogens (tertiary/aromatic N) is 3. The number of nitrogens with one attached hydrogen (secondary N) is 1. The molecule has 2 heterocycles. The van der Waals surface area contributed by atoms with Gasteiger partial charge in [0.1, 0.15) is 16.6 Å². The van der Waals surface area contributed by atoms with Crippen molar-refractivity contribution < 1.29 is 22.4 Å². The van der Waals surface area contributed by atoms with Crippen LogP contribution in [0.5, 0.6) is 0 Å². The van der Waals surface area contributed by atoms with Gasteiger partial charge < -0.3 is 9.73 Å². The molecule has 5 aromatic rings. The van der Waals surface area contributed by atoms with Gasteiger partial charge >= 0.3 is 6.18 Å². The fourth-order valence-electron chi connectivity index (χ4n) is 3.20. The molecule has 154 valence electrons. The average Bonchev–Trinajstić information content (AvgIpc) is 3.37. The normalized spacial score (nSPS) is 11.8. The van der Waals surface area contributed by atoms with Gasteiger partial charge in [-0.25, -0.2) is 0 Å². The second kappa shape index (κ2) is 6.98. The summed E-state index contributed by atoms with van der Waals surface area (Å²) in [6, 6.07) is 18.5. The molecule has 1 amide bonds. The van der Waals surface area contributed by atoms with Crippen LogP contribution in [0.3, 0.4) is 0 Å². The van der Waals surface area contributed by atoms with Gasteiger partial charge in [0.05, 0.1) is 11.3 Å². The summed E-state index contributed by atoms with van der Waals surface area (Å²) in [4.78, 5) is 13.7. The van der Waals surface area contributed by atoms with Crippen LogP contribution in [0.4, 0.5) is 18.9 Å². The van der Waals surface area contributed by atoms with Crippen LogP contribution in [0.2, 0.25) is 0 Å². The van der Waals surface area contributed by atoms with Crippen LogP contribution in [-0.2, 0) is 6.18 Å². The highest BCUT2D eigenvalue weighted by Gasteiger charge is 2.30. The second-order valence-electron chi connectivity index (χ2n) is 6.84. The van der Waals surface area contributed by atoms with Gasteiger partial charge in [0.15, 0.2) is 5.76 Å². The average molecular weight is 422 g/mol. The Morgan fingerprint density at radius 3 is 2.52 bits per heavy atom. The van der Waals surface area contributed by atoms with Gasteiger partial charge in [0.25, 0.3) is 5.91 Å². The van der Waals surface area contributed by atoms with Crippen molar-refractivity contribution >= 4 is 33.6 Å². The van der Waals surface area contributed by atoms with E-state index in [1.165, 1.54) is 12.1 Å². The maximum absolute atomic E-state index is 13.0. The fourth-order valence-corrected chi connectivity index (χ4v) is 3.20. The van der Waals surface area contributed by atoms with Crippen LogP contribution in [0.15, 0.2) is 77.2 Å². The summed E-state index contributed by atoms with van der Waals surface area (Å²) in [7, 11) is 0. The minimum atomic E-state index is -4.46. The molecular formula is C22H13F3N4O2. The first-order chi connectivity index (χ1) is 14.9. The Morgan fingerprint density at radius 2 is 1.71 bits per heavy atom. The lowest BCUT2D eigenvalue weighted by Gasteiger charge is -2.07. The molecule has 5 rings (SSSR count). The third-order valence-electron chi connectivity index (χ3n) is 4.69. The molecule has 6 nitrogen and oxygen atoms in total. The lowest BCUT2D eigenvalue weighted by atomic mass is 10.2. The Labute approximate surface area is 172 Å². The van der Waals surface area contributed by atoms with Crippen LogP contribution in [-0.4, -0.2) is 20.9 Å². The first-order valence-corrected chi connectivity index (χ1v) is 9.21. The quantitative estimate of drug-likeness (QED) is 0.420. The molecule has 0 saturated carbocycles. The van der Waals surface area contributed by atoms with Crippen LogP contribution >= 0.6 is 0 Å². The highest BCUT2D eigenvalue weighted by molar-refractivity contribution is 6.05. The minimum absolute atomic E-state index is 0.161. The number of aromatic nitrogens is 3. The van der Waals surface area contributed by atoms with Gasteiger partial charge in [-0.05, 0) is 48.5 Å². The largest absolute Gasteiger partial charge is 0.451 e. The molecule has 31 heavy (non-hydrogen) atoms. The van der Waals surface area contributed by atoms with Gasteiger partial charge in [0.2, 0.25) is 0 Å². The van der Waals surface area contributed by atoms with E-state index >= 15 is 0 Å². The number of alkyl halides is 3. The predicted molar refractivity (Wildman–Crippen MR) is 108 cm³/mol. The first kappa shape index (κ1) is 18.9. The lowest BCUT2D eigenvalue weighted by Crippen LogP contribution is -2.10. The monoisotopic (exact) mass is 422 g/mol. The summed E-state index contributed by atoms with van der Waals surface area (Å²) < 4.78 is 44.5. The van der Waals surface area contributed by atoms with E-state index in [-0.39, 0.29) is 11.4 Å². The van der Waals surface area contributed by atoms with Gasteiger partial charge in [0, 0.05) is 11.1 Å². The highest BCUT2D eigenvalue weighted by atomic mass is 19.4. The number of rotatable bonds is 3. The second-order valence-corrected chi connectivity index (χ2v) is 6.84. The fraction of sp³-hybridized carbons (Fsp3) is 0.0455. The van der Waals surface area contributed by atoms with Crippen molar-refractivity contribution in [2.75, 3.05) is 5.32 Å². The van der Waals surface area contributed by atoms with E-state index < -0.39 is 17.6 Å². The van der Waals surface area contributed by atoms with Crippen molar-refractivity contribution in [3.05, 3.63) is 84.1 Å². The number of amides is 1. The number of carbonyl (C=O) groups excluding carboxylic acids is 1. The molecule has 0 radical (unpaired) electrons. The summed E-state index contributed by atoms with van der Waals surface area (Å²) in [5.41, 5.74) is 1.34. The van der Waals surface area contributed by atoms with E-state index in [1.54, 1.807) is 30.3 Å². The number of hydrogen-bond acceptors (Lipinski definition) is 4. The number of furan rings is 1. The van der Waals surface area contributed by atoms with Crippen LogP contribution < -0.4 is 5.32 Å². The topological polar surface area (TPSA) is 73.0 Å². The molecule has 0 aliphatic carbocycles. The molecule has 3 aromatic carbocycles. The number of para-hydroxylation sites is 1. The predicted octanol–water partition coefficient (Wildman–Crippen LogP) is 5.44. The van der Waals surface area contributed by atoms with Gasteiger partial charge in [-0.3, -0.25) is 4.79 Å². The first-order valence-electron chi connectivity index (χ1n) is 9.21. The number of benzene rings is 3. The van der Waals surface area contributed by atoms with E-state index in [0.717, 1.165) is 22.3 Å². The van der Waals surface area contributed by atoms with Gasteiger partial charge in [-0.1, -0.05) is 24.3 Å². The van der Waals surface area contributed by atoms with Crippen molar-refractivity contribution in [3.63, 3.8) is 0 Å². The molecule has 2 aromatic heterocycles.